The molecular formula is C8H13N3O2. The van der Waals surface area contributed by atoms with E-state index >= 15 is 0 Å². The van der Waals surface area contributed by atoms with Crippen molar-refractivity contribution in [3.63, 3.8) is 0 Å². The number of hydrogen-bond acceptors (Lipinski definition) is 3. The second kappa shape index (κ2) is 2.70. The summed E-state index contributed by atoms with van der Waals surface area (Å²) in [5, 5.41) is 5.84. The molecule has 13 heavy (non-hydrogen) atoms. The number of amides is 3. The van der Waals surface area contributed by atoms with Gasteiger partial charge in [0.1, 0.15) is 5.54 Å². The molecule has 2 aliphatic heterocycles. The van der Waals surface area contributed by atoms with Gasteiger partial charge in [-0.15, -0.1) is 0 Å². The molecule has 2 N–H and O–H groups in total. The lowest BCUT2D eigenvalue weighted by Crippen LogP contribution is -2.48. The van der Waals surface area contributed by atoms with Crippen LogP contribution in [0.25, 0.3) is 0 Å². The largest absolute Gasteiger partial charge is 0.325 e. The maximum Gasteiger partial charge on any atom is 0.325 e. The molecule has 72 valence electrons. The van der Waals surface area contributed by atoms with Crippen LogP contribution in [0, 0.1) is 0 Å². The molecule has 0 aromatic rings. The monoisotopic (exact) mass is 183 g/mol. The van der Waals surface area contributed by atoms with E-state index in [2.05, 4.69) is 10.6 Å². The summed E-state index contributed by atoms with van der Waals surface area (Å²) >= 11 is 0. The number of nitrogens with one attached hydrogen (secondary N) is 2. The van der Waals surface area contributed by atoms with Crippen molar-refractivity contribution in [2.75, 3.05) is 19.6 Å². The third-order valence-electron chi connectivity index (χ3n) is 2.72. The molecule has 2 heterocycles. The van der Waals surface area contributed by atoms with Crippen LogP contribution in [0.2, 0.25) is 0 Å². The summed E-state index contributed by atoms with van der Waals surface area (Å²) in [6, 6.07) is -0.254. The quantitative estimate of drug-likeness (QED) is 0.528. The van der Waals surface area contributed by atoms with Crippen molar-refractivity contribution in [1.29, 1.82) is 0 Å². The van der Waals surface area contributed by atoms with E-state index in [1.165, 1.54) is 4.90 Å². The van der Waals surface area contributed by atoms with Crippen LogP contribution in [0.4, 0.5) is 4.79 Å². The fraction of sp³-hybridized carbons (Fsp3) is 0.750. The summed E-state index contributed by atoms with van der Waals surface area (Å²) in [7, 11) is 0. The fourth-order valence-corrected chi connectivity index (χ4v) is 1.94. The number of hydrogen-bond donors (Lipinski definition) is 2. The van der Waals surface area contributed by atoms with Gasteiger partial charge in [0, 0.05) is 13.1 Å². The van der Waals surface area contributed by atoms with E-state index in [0.717, 1.165) is 6.54 Å². The lowest BCUT2D eigenvalue weighted by atomic mass is 9.99. The topological polar surface area (TPSA) is 61.4 Å². The Morgan fingerprint density at radius 2 is 2.31 bits per heavy atom. The molecule has 5 heteroatoms. The van der Waals surface area contributed by atoms with Crippen LogP contribution < -0.4 is 10.6 Å². The molecule has 0 radical (unpaired) electrons. The highest BCUT2D eigenvalue weighted by molar-refractivity contribution is 6.07. The van der Waals surface area contributed by atoms with E-state index in [4.69, 9.17) is 0 Å². The van der Waals surface area contributed by atoms with Crippen molar-refractivity contribution in [2.24, 2.45) is 0 Å². The van der Waals surface area contributed by atoms with Crippen LogP contribution in [-0.4, -0.2) is 42.0 Å². The highest BCUT2D eigenvalue weighted by Crippen LogP contribution is 2.23. The van der Waals surface area contributed by atoms with Crippen molar-refractivity contribution >= 4 is 11.9 Å². The second-order valence-corrected chi connectivity index (χ2v) is 3.49. The first-order valence-corrected chi connectivity index (χ1v) is 4.54. The van der Waals surface area contributed by atoms with Crippen molar-refractivity contribution in [2.45, 2.75) is 18.9 Å². The zero-order valence-electron chi connectivity index (χ0n) is 7.59. The molecule has 2 saturated heterocycles. The number of nitrogens with zero attached hydrogens (tertiary/aromatic N) is 1. The van der Waals surface area contributed by atoms with Crippen LogP contribution in [-0.2, 0) is 4.79 Å². The Kier molecular flexibility index (Phi) is 1.76. The molecule has 0 aliphatic carbocycles. The van der Waals surface area contributed by atoms with Gasteiger partial charge >= 0.3 is 6.03 Å². The van der Waals surface area contributed by atoms with E-state index < -0.39 is 5.54 Å². The molecule has 0 saturated carbocycles. The van der Waals surface area contributed by atoms with Crippen LogP contribution in [0.5, 0.6) is 0 Å². The third-order valence-corrected chi connectivity index (χ3v) is 2.72. The van der Waals surface area contributed by atoms with Gasteiger partial charge in [-0.25, -0.2) is 4.79 Å². The number of carbonyl (C=O) groups excluding carboxylic acids is 2. The summed E-state index contributed by atoms with van der Waals surface area (Å²) < 4.78 is 0. The van der Waals surface area contributed by atoms with Gasteiger partial charge in [0.2, 0.25) is 0 Å². The number of carbonyl (C=O) groups is 2. The molecule has 3 amide bonds. The van der Waals surface area contributed by atoms with Crippen molar-refractivity contribution in [3.8, 4) is 0 Å². The van der Waals surface area contributed by atoms with Gasteiger partial charge in [-0.05, 0) is 19.9 Å². The molecule has 0 unspecified atom stereocenters. The van der Waals surface area contributed by atoms with Crippen molar-refractivity contribution in [3.05, 3.63) is 0 Å². The van der Waals surface area contributed by atoms with Crippen LogP contribution in [0.3, 0.4) is 0 Å². The Labute approximate surface area is 76.5 Å². The highest BCUT2D eigenvalue weighted by Gasteiger charge is 2.51. The molecule has 2 fully saturated rings. The average molecular weight is 183 g/mol. The van der Waals surface area contributed by atoms with Gasteiger partial charge < -0.3 is 10.6 Å². The predicted octanol–water partition coefficient (Wildman–Crippen LogP) is -0.710. The van der Waals surface area contributed by atoms with E-state index in [-0.39, 0.29) is 11.9 Å². The summed E-state index contributed by atoms with van der Waals surface area (Å²) in [5.74, 6) is -0.0787. The van der Waals surface area contributed by atoms with Gasteiger partial charge in [0.15, 0.2) is 0 Å². The first-order chi connectivity index (χ1) is 6.19. The number of urea groups is 1. The van der Waals surface area contributed by atoms with E-state index in [0.29, 0.717) is 19.5 Å². The molecular weight excluding hydrogens is 170 g/mol. The standard InChI is InChI=1S/C8H13N3O2/c1-2-11-6(12)8(10-7(11)13)3-4-9-5-8/h9H,2-5H2,1H3,(H,10,13)/t8-/m0/s1. The smallest absolute Gasteiger partial charge is 0.322 e. The summed E-state index contributed by atoms with van der Waals surface area (Å²) in [5.41, 5.74) is -0.632. The Balaban J connectivity index is 2.25. The number of likely N-dealkylation sites (N-methyl/N-ethyl adjacent to an activating group) is 1. The van der Waals surface area contributed by atoms with Crippen LogP contribution in [0.15, 0.2) is 0 Å². The van der Waals surface area contributed by atoms with Crippen molar-refractivity contribution < 1.29 is 9.59 Å². The molecule has 0 aromatic heterocycles. The molecule has 0 aromatic carbocycles. The van der Waals surface area contributed by atoms with E-state index in [1.54, 1.807) is 6.92 Å². The van der Waals surface area contributed by atoms with Gasteiger partial charge in [0.05, 0.1) is 0 Å². The molecule has 5 nitrogen and oxygen atoms in total. The molecule has 0 bridgehead atoms. The van der Waals surface area contributed by atoms with E-state index in [9.17, 15) is 9.59 Å². The number of rotatable bonds is 1. The van der Waals surface area contributed by atoms with Gasteiger partial charge in [-0.2, -0.15) is 0 Å². The third kappa shape index (κ3) is 1.03. The molecule has 2 rings (SSSR count). The first-order valence-electron chi connectivity index (χ1n) is 4.54. The first kappa shape index (κ1) is 8.50. The SMILES string of the molecule is CCN1C(=O)N[C@]2(CCNC2)C1=O. The zero-order chi connectivity index (χ0) is 9.47. The van der Waals surface area contributed by atoms with Gasteiger partial charge in [-0.1, -0.05) is 0 Å². The average Bonchev–Trinajstić information content (AvgIpc) is 2.62. The van der Waals surface area contributed by atoms with Gasteiger partial charge in [-0.3, -0.25) is 9.69 Å². The second-order valence-electron chi connectivity index (χ2n) is 3.49. The minimum atomic E-state index is -0.632. The minimum absolute atomic E-state index is 0.0787. The predicted molar refractivity (Wildman–Crippen MR) is 46.1 cm³/mol. The number of imide groups is 1. The Morgan fingerprint density at radius 1 is 1.54 bits per heavy atom. The maximum absolute atomic E-state index is 11.8. The maximum atomic E-state index is 11.8. The summed E-state index contributed by atoms with van der Waals surface area (Å²) in [6.45, 7) is 3.61. The highest BCUT2D eigenvalue weighted by atomic mass is 16.2. The molecule has 1 atom stereocenters. The van der Waals surface area contributed by atoms with Crippen LogP contribution >= 0.6 is 0 Å². The van der Waals surface area contributed by atoms with E-state index in [1.807, 2.05) is 0 Å². The Bertz CT molecular complexity index is 258. The van der Waals surface area contributed by atoms with Crippen LogP contribution in [0.1, 0.15) is 13.3 Å². The Morgan fingerprint density at radius 3 is 2.77 bits per heavy atom. The van der Waals surface area contributed by atoms with Gasteiger partial charge in [0.25, 0.3) is 5.91 Å². The molecule has 2 aliphatic rings. The van der Waals surface area contributed by atoms with Crippen molar-refractivity contribution in [1.82, 2.24) is 15.5 Å². The normalized spacial score (nSPS) is 33.2. The summed E-state index contributed by atoms with van der Waals surface area (Å²) in [4.78, 5) is 24.4. The lowest BCUT2D eigenvalue weighted by molar-refractivity contribution is -0.130. The fourth-order valence-electron chi connectivity index (χ4n) is 1.94. The summed E-state index contributed by atoms with van der Waals surface area (Å²) in [6.07, 6.45) is 0.702. The zero-order valence-corrected chi connectivity index (χ0v) is 7.59. The lowest BCUT2D eigenvalue weighted by Gasteiger charge is -2.18. The Hall–Kier alpha value is -1.10. The minimum Gasteiger partial charge on any atom is -0.322 e. The molecule has 1 spiro atoms.